The van der Waals surface area contributed by atoms with Crippen LogP contribution in [0.3, 0.4) is 0 Å². The van der Waals surface area contributed by atoms with Gasteiger partial charge in [0.1, 0.15) is 0 Å². The number of nitrogens with zero attached hydrogens (tertiary/aromatic N) is 2. The van der Waals surface area contributed by atoms with Crippen LogP contribution in [0, 0.1) is 5.92 Å². The summed E-state index contributed by atoms with van der Waals surface area (Å²) in [6.07, 6.45) is 6.10. The van der Waals surface area contributed by atoms with Gasteiger partial charge in [0.05, 0.1) is 16.8 Å². The summed E-state index contributed by atoms with van der Waals surface area (Å²) in [6.45, 7) is 1.49. The van der Waals surface area contributed by atoms with Crippen LogP contribution in [0.4, 0.5) is 0 Å². The Morgan fingerprint density at radius 1 is 1.04 bits per heavy atom. The fourth-order valence-corrected chi connectivity index (χ4v) is 4.44. The molecule has 2 aromatic rings. The first-order valence-electron chi connectivity index (χ1n) is 9.62. The number of benzene rings is 1. The molecule has 0 unspecified atom stereocenters. The molecule has 0 bridgehead atoms. The van der Waals surface area contributed by atoms with E-state index in [2.05, 4.69) is 0 Å². The van der Waals surface area contributed by atoms with Crippen molar-refractivity contribution in [2.24, 2.45) is 11.7 Å². The number of piperidine rings is 1. The number of para-hydroxylation sites is 1. The number of hydrogen-bond donors (Lipinski definition) is 1. The lowest BCUT2D eigenvalue weighted by Crippen LogP contribution is -2.41. The van der Waals surface area contributed by atoms with E-state index in [4.69, 9.17) is 10.7 Å². The molecule has 2 heterocycles. The summed E-state index contributed by atoms with van der Waals surface area (Å²) in [6, 6.07) is 9.65. The van der Waals surface area contributed by atoms with Crippen molar-refractivity contribution in [1.29, 1.82) is 0 Å². The second kappa shape index (κ2) is 7.06. The van der Waals surface area contributed by atoms with Crippen molar-refractivity contribution in [2.45, 2.75) is 44.4 Å². The Labute approximate surface area is 153 Å². The number of nitrogens with two attached hydrogens (primary N) is 1. The maximum absolute atomic E-state index is 12.6. The lowest BCUT2D eigenvalue weighted by molar-refractivity contribution is -0.136. The fraction of sp³-hybridized carbons (Fsp3) is 0.476. The van der Waals surface area contributed by atoms with Gasteiger partial charge in [-0.25, -0.2) is 0 Å². The third-order valence-electron chi connectivity index (χ3n) is 5.92. The zero-order valence-electron chi connectivity index (χ0n) is 15.0. The smallest absolute Gasteiger partial charge is 0.250 e. The van der Waals surface area contributed by atoms with Gasteiger partial charge in [0, 0.05) is 30.3 Å². The standard InChI is InChI=1S/C21H25N3O2/c22-20(25)17-13-16-7-3-4-8-18(16)23-19(17)14-9-11-24(12-10-14)21(26)15-5-1-2-6-15/h3-4,7-8,13-15H,1-2,5-6,9-12H2,(H2,22,25). The number of hydrogen-bond acceptors (Lipinski definition) is 3. The van der Waals surface area contributed by atoms with E-state index in [1.165, 1.54) is 12.8 Å². The van der Waals surface area contributed by atoms with Crippen LogP contribution in [0.25, 0.3) is 10.9 Å². The number of fused-ring (bicyclic) bond motifs is 1. The van der Waals surface area contributed by atoms with Gasteiger partial charge in [-0.15, -0.1) is 0 Å². The van der Waals surface area contributed by atoms with Gasteiger partial charge in [-0.2, -0.15) is 0 Å². The molecule has 2 amide bonds. The van der Waals surface area contributed by atoms with E-state index in [0.717, 1.165) is 55.4 Å². The second-order valence-electron chi connectivity index (χ2n) is 7.56. The Hall–Kier alpha value is -2.43. The zero-order chi connectivity index (χ0) is 18.1. The highest BCUT2D eigenvalue weighted by Gasteiger charge is 2.31. The first-order chi connectivity index (χ1) is 12.6. The molecular weight excluding hydrogens is 326 g/mol. The van der Waals surface area contributed by atoms with Crippen LogP contribution in [-0.2, 0) is 4.79 Å². The van der Waals surface area contributed by atoms with Gasteiger partial charge in [-0.05, 0) is 37.8 Å². The summed E-state index contributed by atoms with van der Waals surface area (Å²) in [7, 11) is 0. The minimum absolute atomic E-state index is 0.176. The molecule has 5 nitrogen and oxygen atoms in total. The van der Waals surface area contributed by atoms with Gasteiger partial charge in [0.2, 0.25) is 5.91 Å². The van der Waals surface area contributed by atoms with Gasteiger partial charge in [-0.3, -0.25) is 14.6 Å². The second-order valence-corrected chi connectivity index (χ2v) is 7.56. The van der Waals surface area contributed by atoms with Gasteiger partial charge in [0.25, 0.3) is 5.91 Å². The van der Waals surface area contributed by atoms with Crippen molar-refractivity contribution in [2.75, 3.05) is 13.1 Å². The van der Waals surface area contributed by atoms with Crippen molar-refractivity contribution in [3.8, 4) is 0 Å². The van der Waals surface area contributed by atoms with Gasteiger partial charge in [-0.1, -0.05) is 31.0 Å². The number of primary amides is 1. The quantitative estimate of drug-likeness (QED) is 0.922. The van der Waals surface area contributed by atoms with Crippen LogP contribution < -0.4 is 5.73 Å². The summed E-state index contributed by atoms with van der Waals surface area (Å²) in [5, 5.41) is 0.930. The number of carbonyl (C=O) groups excluding carboxylic acids is 2. The molecule has 1 saturated carbocycles. The topological polar surface area (TPSA) is 76.3 Å². The molecule has 0 spiro atoms. The Balaban J connectivity index is 1.54. The minimum Gasteiger partial charge on any atom is -0.366 e. The molecule has 1 aromatic heterocycles. The average Bonchev–Trinajstić information content (AvgIpc) is 3.21. The largest absolute Gasteiger partial charge is 0.366 e. The summed E-state index contributed by atoms with van der Waals surface area (Å²) in [5.74, 6) is 0.298. The van der Waals surface area contributed by atoms with Crippen LogP contribution in [0.2, 0.25) is 0 Å². The predicted octanol–water partition coefficient (Wildman–Crippen LogP) is 3.23. The summed E-state index contributed by atoms with van der Waals surface area (Å²) in [4.78, 5) is 31.4. The fourth-order valence-electron chi connectivity index (χ4n) is 4.44. The molecular formula is C21H25N3O2. The molecule has 2 fully saturated rings. The molecule has 2 N–H and O–H groups in total. The monoisotopic (exact) mass is 351 g/mol. The van der Waals surface area contributed by atoms with E-state index in [1.807, 2.05) is 35.2 Å². The van der Waals surface area contributed by atoms with Gasteiger partial charge < -0.3 is 10.6 Å². The molecule has 1 aliphatic carbocycles. The van der Waals surface area contributed by atoms with E-state index >= 15 is 0 Å². The van der Waals surface area contributed by atoms with Gasteiger partial charge in [0.15, 0.2) is 0 Å². The maximum Gasteiger partial charge on any atom is 0.250 e. The minimum atomic E-state index is -0.428. The summed E-state index contributed by atoms with van der Waals surface area (Å²) >= 11 is 0. The molecule has 136 valence electrons. The number of aromatic nitrogens is 1. The molecule has 1 aliphatic heterocycles. The van der Waals surface area contributed by atoms with E-state index < -0.39 is 5.91 Å². The Morgan fingerprint density at radius 3 is 2.42 bits per heavy atom. The Kier molecular flexibility index (Phi) is 4.62. The van der Waals surface area contributed by atoms with Gasteiger partial charge >= 0.3 is 0 Å². The number of amides is 2. The zero-order valence-corrected chi connectivity index (χ0v) is 15.0. The molecule has 0 radical (unpaired) electrons. The SMILES string of the molecule is NC(=O)c1cc2ccccc2nc1C1CCN(C(=O)C2CCCC2)CC1. The highest BCUT2D eigenvalue weighted by atomic mass is 16.2. The first-order valence-corrected chi connectivity index (χ1v) is 9.62. The number of carbonyl (C=O) groups is 2. The number of rotatable bonds is 3. The van der Waals surface area contributed by atoms with Crippen molar-refractivity contribution in [3.05, 3.63) is 41.6 Å². The van der Waals surface area contributed by atoms with Crippen LogP contribution >= 0.6 is 0 Å². The van der Waals surface area contributed by atoms with Crippen molar-refractivity contribution >= 4 is 22.7 Å². The van der Waals surface area contributed by atoms with Crippen LogP contribution in [0.15, 0.2) is 30.3 Å². The van der Waals surface area contributed by atoms with Crippen LogP contribution in [-0.4, -0.2) is 34.8 Å². The normalized spacial score (nSPS) is 19.2. The molecule has 1 aromatic carbocycles. The maximum atomic E-state index is 12.6. The molecule has 0 atom stereocenters. The average molecular weight is 351 g/mol. The van der Waals surface area contributed by atoms with E-state index in [0.29, 0.717) is 11.5 Å². The highest BCUT2D eigenvalue weighted by molar-refractivity contribution is 5.97. The Bertz CT molecular complexity index is 834. The molecule has 2 aliphatic rings. The molecule has 5 heteroatoms. The molecule has 26 heavy (non-hydrogen) atoms. The van der Waals surface area contributed by atoms with Crippen molar-refractivity contribution < 1.29 is 9.59 Å². The Morgan fingerprint density at radius 2 is 1.73 bits per heavy atom. The van der Waals surface area contributed by atoms with E-state index in [9.17, 15) is 9.59 Å². The van der Waals surface area contributed by atoms with Crippen molar-refractivity contribution in [3.63, 3.8) is 0 Å². The number of likely N-dealkylation sites (tertiary alicyclic amines) is 1. The summed E-state index contributed by atoms with van der Waals surface area (Å²) < 4.78 is 0. The highest BCUT2D eigenvalue weighted by Crippen LogP contribution is 2.33. The molecule has 4 rings (SSSR count). The molecule has 1 saturated heterocycles. The van der Waals surface area contributed by atoms with Crippen LogP contribution in [0.1, 0.15) is 60.5 Å². The third-order valence-corrected chi connectivity index (χ3v) is 5.92. The lowest BCUT2D eigenvalue weighted by atomic mass is 9.89. The van der Waals surface area contributed by atoms with E-state index in [1.54, 1.807) is 0 Å². The van der Waals surface area contributed by atoms with Crippen LogP contribution in [0.5, 0.6) is 0 Å². The summed E-state index contributed by atoms with van der Waals surface area (Å²) in [5.41, 5.74) is 7.83. The number of pyridine rings is 1. The van der Waals surface area contributed by atoms with E-state index in [-0.39, 0.29) is 11.8 Å². The predicted molar refractivity (Wildman–Crippen MR) is 101 cm³/mol. The van der Waals surface area contributed by atoms with Crippen molar-refractivity contribution in [1.82, 2.24) is 9.88 Å². The first kappa shape index (κ1) is 17.0. The lowest BCUT2D eigenvalue weighted by Gasteiger charge is -2.34. The third kappa shape index (κ3) is 3.18.